The molecule has 9 heteroatoms. The van der Waals surface area contributed by atoms with Gasteiger partial charge in [0.1, 0.15) is 0 Å². The number of benzene rings is 1. The van der Waals surface area contributed by atoms with E-state index in [0.717, 1.165) is 36.1 Å². The van der Waals surface area contributed by atoms with Crippen molar-refractivity contribution in [2.75, 3.05) is 37.8 Å². The Bertz CT molecular complexity index is 1070. The molecule has 1 aliphatic heterocycles. The lowest BCUT2D eigenvalue weighted by Gasteiger charge is -2.53. The molecule has 8 nitrogen and oxygen atoms in total. The average Bonchev–Trinajstić information content (AvgIpc) is 3.27. The molecule has 2 aromatic rings. The van der Waals surface area contributed by atoms with Crippen LogP contribution in [-0.4, -0.2) is 64.3 Å². The van der Waals surface area contributed by atoms with Gasteiger partial charge in [-0.2, -0.15) is 5.10 Å². The number of aromatic amines is 1. The van der Waals surface area contributed by atoms with Gasteiger partial charge in [-0.25, -0.2) is 14.8 Å². The molecule has 1 atom stereocenters. The van der Waals surface area contributed by atoms with Crippen LogP contribution in [-0.2, 0) is 21.6 Å². The zero-order valence-corrected chi connectivity index (χ0v) is 22.6. The highest BCUT2D eigenvalue weighted by molar-refractivity contribution is 8.33. The summed E-state index contributed by atoms with van der Waals surface area (Å²) in [6, 6.07) is 9.63. The van der Waals surface area contributed by atoms with E-state index in [9.17, 15) is 9.59 Å². The Hall–Kier alpha value is -2.52. The molecule has 1 aromatic heterocycles. The first-order valence-electron chi connectivity index (χ1n) is 12.2. The number of aromatic nitrogens is 2. The van der Waals surface area contributed by atoms with E-state index in [4.69, 9.17) is 4.74 Å². The quantitative estimate of drug-likeness (QED) is 0.496. The third-order valence-electron chi connectivity index (χ3n) is 7.80. The van der Waals surface area contributed by atoms with E-state index in [0.29, 0.717) is 25.4 Å². The largest absolute Gasteiger partial charge is 0.385 e. The van der Waals surface area contributed by atoms with Gasteiger partial charge < -0.3 is 20.3 Å². The fraction of sp³-hybridized carbons (Fsp3) is 0.577. The summed E-state index contributed by atoms with van der Waals surface area (Å²) in [7, 11) is 0.591. The van der Waals surface area contributed by atoms with E-state index in [1.54, 1.807) is 7.11 Å². The van der Waals surface area contributed by atoms with Gasteiger partial charge in [0.15, 0.2) is 5.82 Å². The third-order valence-corrected chi connectivity index (χ3v) is 10.7. The van der Waals surface area contributed by atoms with Gasteiger partial charge in [-0.15, -0.1) is 0 Å². The molecule has 2 heterocycles. The summed E-state index contributed by atoms with van der Waals surface area (Å²) < 4.78 is 4.98. The van der Waals surface area contributed by atoms with Crippen LogP contribution in [0.1, 0.15) is 62.4 Å². The SMILES string of the molecule is COCC[C@@H](NC(=O)N1Cc2c(NC(=O)C3(S(C)(C)C)CCC3)n[nH]c2C1(C)C)c1ccccc1. The number of anilines is 1. The maximum absolute atomic E-state index is 13.5. The van der Waals surface area contributed by atoms with E-state index >= 15 is 0 Å². The van der Waals surface area contributed by atoms with Gasteiger partial charge in [-0.05, 0) is 63.9 Å². The molecule has 0 spiro atoms. The minimum absolute atomic E-state index is 0.0602. The van der Waals surface area contributed by atoms with Gasteiger partial charge >= 0.3 is 6.03 Å². The number of fused-ring (bicyclic) bond motifs is 1. The second-order valence-corrected chi connectivity index (χ2v) is 15.4. The lowest BCUT2D eigenvalue weighted by molar-refractivity contribution is -0.120. The van der Waals surface area contributed by atoms with E-state index < -0.39 is 15.6 Å². The lowest BCUT2D eigenvalue weighted by Crippen LogP contribution is -2.51. The summed E-state index contributed by atoms with van der Waals surface area (Å²) in [4.78, 5) is 28.7. The van der Waals surface area contributed by atoms with Gasteiger partial charge in [0, 0.05) is 19.3 Å². The molecule has 3 N–H and O–H groups in total. The van der Waals surface area contributed by atoms with Crippen LogP contribution in [0.15, 0.2) is 30.3 Å². The van der Waals surface area contributed by atoms with Crippen molar-refractivity contribution in [3.63, 3.8) is 0 Å². The number of nitrogens with zero attached hydrogens (tertiary/aromatic N) is 2. The van der Waals surface area contributed by atoms with Crippen molar-refractivity contribution < 1.29 is 14.3 Å². The first-order chi connectivity index (χ1) is 16.5. The van der Waals surface area contributed by atoms with Gasteiger partial charge in [0.2, 0.25) is 5.91 Å². The van der Waals surface area contributed by atoms with E-state index in [-0.39, 0.29) is 22.7 Å². The van der Waals surface area contributed by atoms with Crippen LogP contribution in [0.4, 0.5) is 10.6 Å². The van der Waals surface area contributed by atoms with E-state index in [1.165, 1.54) is 0 Å². The number of hydrogen-bond acceptors (Lipinski definition) is 4. The molecule has 1 aromatic carbocycles. The lowest BCUT2D eigenvalue weighted by atomic mass is 9.83. The number of hydrogen-bond donors (Lipinski definition) is 3. The zero-order chi connectivity index (χ0) is 25.4. The number of nitrogens with one attached hydrogen (secondary N) is 3. The fourth-order valence-electron chi connectivity index (χ4n) is 5.25. The van der Waals surface area contributed by atoms with Crippen LogP contribution in [0, 0.1) is 0 Å². The smallest absolute Gasteiger partial charge is 0.318 e. The highest BCUT2D eigenvalue weighted by atomic mass is 32.3. The Morgan fingerprint density at radius 1 is 1.20 bits per heavy atom. The molecular formula is C26H39N5O3S. The number of carbonyl (C=O) groups is 2. The Labute approximate surface area is 209 Å². The normalized spacial score (nSPS) is 19.4. The zero-order valence-electron chi connectivity index (χ0n) is 21.7. The summed E-state index contributed by atoms with van der Waals surface area (Å²) in [6.45, 7) is 4.92. The van der Waals surface area contributed by atoms with Gasteiger partial charge in [0.05, 0.1) is 28.6 Å². The second-order valence-electron chi connectivity index (χ2n) is 10.9. The molecule has 1 fully saturated rings. The van der Waals surface area contributed by atoms with E-state index in [2.05, 4.69) is 39.6 Å². The third kappa shape index (κ3) is 4.56. The summed E-state index contributed by atoms with van der Waals surface area (Å²) in [5.41, 5.74) is 2.19. The molecule has 0 radical (unpaired) electrons. The molecule has 0 saturated heterocycles. The average molecular weight is 502 g/mol. The minimum Gasteiger partial charge on any atom is -0.385 e. The number of ether oxygens (including phenoxy) is 1. The Morgan fingerprint density at radius 2 is 1.89 bits per heavy atom. The monoisotopic (exact) mass is 501 g/mol. The van der Waals surface area contributed by atoms with Gasteiger partial charge in [-0.1, -0.05) is 30.3 Å². The summed E-state index contributed by atoms with van der Waals surface area (Å²) in [6.07, 6.45) is 10.2. The number of amides is 3. The fourth-order valence-corrected chi connectivity index (χ4v) is 7.37. The highest BCUT2D eigenvalue weighted by Crippen LogP contribution is 2.60. The predicted molar refractivity (Wildman–Crippen MR) is 142 cm³/mol. The number of H-pyrrole nitrogens is 1. The van der Waals surface area contributed by atoms with Gasteiger partial charge in [0.25, 0.3) is 0 Å². The number of rotatable bonds is 8. The summed E-state index contributed by atoms with van der Waals surface area (Å²) in [5, 5.41) is 13.9. The van der Waals surface area contributed by atoms with Crippen LogP contribution in [0.2, 0.25) is 0 Å². The second kappa shape index (κ2) is 9.50. The molecule has 0 bridgehead atoms. The standard InChI is InChI=1S/C26H39N5O3S/c1-25(2)21-19(22(30-29-21)28-23(32)26(14-10-15-26)35(4,5)6)17-31(25)24(33)27-20(13-16-34-3)18-11-8-7-9-12-18/h7-9,11-12,20H,10,13-17H2,1-6H3,(H,27,33)(H2,28,29,30,32)/t20-/m1/s1. The first kappa shape index (κ1) is 25.6. The summed E-state index contributed by atoms with van der Waals surface area (Å²) >= 11 is 0. The Kier molecular flexibility index (Phi) is 6.94. The van der Waals surface area contributed by atoms with Gasteiger partial charge in [-0.3, -0.25) is 9.89 Å². The molecular weight excluding hydrogens is 462 g/mol. The van der Waals surface area contributed by atoms with Crippen molar-refractivity contribution in [2.24, 2.45) is 0 Å². The summed E-state index contributed by atoms with van der Waals surface area (Å²) in [5.74, 6) is 0.604. The Morgan fingerprint density at radius 3 is 2.46 bits per heavy atom. The van der Waals surface area contributed by atoms with Crippen molar-refractivity contribution >= 4 is 27.8 Å². The van der Waals surface area contributed by atoms with Crippen LogP contribution < -0.4 is 10.6 Å². The molecule has 1 aliphatic carbocycles. The van der Waals surface area contributed by atoms with Crippen molar-refractivity contribution in [1.29, 1.82) is 0 Å². The molecule has 3 amide bonds. The molecule has 1 saturated carbocycles. The highest BCUT2D eigenvalue weighted by Gasteiger charge is 2.51. The number of methoxy groups -OCH3 is 1. The van der Waals surface area contributed by atoms with Crippen molar-refractivity contribution in [3.8, 4) is 0 Å². The van der Waals surface area contributed by atoms with E-state index in [1.807, 2.05) is 49.1 Å². The molecule has 0 unspecified atom stereocenters. The molecule has 4 rings (SSSR count). The number of carbonyl (C=O) groups excluding carboxylic acids is 2. The maximum Gasteiger partial charge on any atom is 0.318 e. The van der Waals surface area contributed by atoms with Crippen LogP contribution in [0.5, 0.6) is 0 Å². The first-order valence-corrected chi connectivity index (χ1v) is 15.1. The molecule has 2 aliphatic rings. The Balaban J connectivity index is 1.52. The van der Waals surface area contributed by atoms with Crippen molar-refractivity contribution in [1.82, 2.24) is 20.4 Å². The number of urea groups is 1. The van der Waals surface area contributed by atoms with Crippen LogP contribution in [0.25, 0.3) is 0 Å². The van der Waals surface area contributed by atoms with Crippen molar-refractivity contribution in [2.45, 2.75) is 62.4 Å². The van der Waals surface area contributed by atoms with Crippen LogP contribution >= 0.6 is 10.0 Å². The van der Waals surface area contributed by atoms with Crippen LogP contribution in [0.3, 0.4) is 0 Å². The molecule has 192 valence electrons. The topological polar surface area (TPSA) is 99.3 Å². The predicted octanol–water partition coefficient (Wildman–Crippen LogP) is 4.50. The maximum atomic E-state index is 13.5. The van der Waals surface area contributed by atoms with Crippen molar-refractivity contribution in [3.05, 3.63) is 47.2 Å². The molecule has 35 heavy (non-hydrogen) atoms. The minimum atomic E-state index is -1.07.